The number of hydrogen-bond acceptors (Lipinski definition) is 5. The van der Waals surface area contributed by atoms with E-state index in [9.17, 15) is 9.90 Å². The van der Waals surface area contributed by atoms with E-state index >= 15 is 0 Å². The fourth-order valence-electron chi connectivity index (χ4n) is 4.97. The molecule has 7 nitrogen and oxygen atoms in total. The topological polar surface area (TPSA) is 76.8 Å². The molecule has 7 heteroatoms. The number of aliphatic hydroxyl groups excluding tert-OH is 1. The van der Waals surface area contributed by atoms with Crippen molar-refractivity contribution in [1.82, 2.24) is 9.55 Å². The Kier molecular flexibility index (Phi) is 6.65. The number of rotatable bonds is 8. The number of imidazole rings is 1. The van der Waals surface area contributed by atoms with E-state index in [1.807, 2.05) is 79.1 Å². The Labute approximate surface area is 210 Å². The average Bonchev–Trinajstić information content (AvgIpc) is 3.44. The largest absolute Gasteiger partial charge is 0.495 e. The van der Waals surface area contributed by atoms with Gasteiger partial charge in [-0.25, -0.2) is 4.98 Å². The lowest BCUT2D eigenvalue weighted by molar-refractivity contribution is -0.117. The Hall–Kier alpha value is -3.84. The first-order valence-corrected chi connectivity index (χ1v) is 12.2. The lowest BCUT2D eigenvalue weighted by Crippen LogP contribution is -2.27. The Morgan fingerprint density at radius 1 is 1.06 bits per heavy atom. The van der Waals surface area contributed by atoms with Crippen molar-refractivity contribution in [1.29, 1.82) is 0 Å². The average molecular weight is 486 g/mol. The molecule has 0 bridgehead atoms. The third kappa shape index (κ3) is 4.66. The van der Waals surface area contributed by atoms with E-state index in [1.165, 1.54) is 5.56 Å². The van der Waals surface area contributed by atoms with Crippen molar-refractivity contribution < 1.29 is 19.4 Å². The third-order valence-corrected chi connectivity index (χ3v) is 6.71. The number of fused-ring (bicyclic) bond motifs is 1. The second-order valence-corrected chi connectivity index (χ2v) is 9.38. The highest BCUT2D eigenvalue weighted by Crippen LogP contribution is 2.37. The first kappa shape index (κ1) is 23.9. The minimum Gasteiger partial charge on any atom is -0.495 e. The summed E-state index contributed by atoms with van der Waals surface area (Å²) < 4.78 is 13.5. The molecule has 3 aromatic carbocycles. The number of aliphatic hydroxyl groups is 1. The van der Waals surface area contributed by atoms with Gasteiger partial charge in [-0.3, -0.25) is 4.79 Å². The molecule has 1 fully saturated rings. The number of aromatic nitrogens is 2. The van der Waals surface area contributed by atoms with Gasteiger partial charge < -0.3 is 24.0 Å². The van der Waals surface area contributed by atoms with Crippen LogP contribution in [0.1, 0.15) is 29.3 Å². The molecule has 2 atom stereocenters. The van der Waals surface area contributed by atoms with Crippen LogP contribution in [0.25, 0.3) is 11.0 Å². The van der Waals surface area contributed by atoms with Crippen LogP contribution in [-0.4, -0.2) is 46.9 Å². The second kappa shape index (κ2) is 10.0. The van der Waals surface area contributed by atoms with Crippen LogP contribution in [0.4, 0.5) is 5.69 Å². The molecule has 0 radical (unpaired) electrons. The van der Waals surface area contributed by atoms with E-state index in [4.69, 9.17) is 14.5 Å². The summed E-state index contributed by atoms with van der Waals surface area (Å²) in [4.78, 5) is 19.7. The fraction of sp³-hybridized carbons (Fsp3) is 0.310. The SMILES string of the molecule is COc1ccccc1N1C[C@@H](c2nc3ccccc3n2C[C@@H](O)COc2ccc(C)cc2C)CC1=O. The standard InChI is InChI=1S/C29H31N3O4/c1-19-12-13-26(20(2)14-19)36-18-22(33)17-32-24-9-5-4-8-23(24)30-29(32)21-15-28(34)31(16-21)25-10-6-7-11-27(25)35-3/h4-14,21-22,33H,15-18H2,1-3H3/t21-,22+/m0/s1. The number of amides is 1. The Bertz CT molecular complexity index is 1400. The zero-order valence-corrected chi connectivity index (χ0v) is 20.8. The van der Waals surface area contributed by atoms with E-state index < -0.39 is 6.10 Å². The Morgan fingerprint density at radius 2 is 1.83 bits per heavy atom. The molecule has 0 unspecified atom stereocenters. The number of ether oxygens (including phenoxy) is 2. The predicted molar refractivity (Wildman–Crippen MR) is 140 cm³/mol. The monoisotopic (exact) mass is 485 g/mol. The van der Waals surface area contributed by atoms with E-state index in [1.54, 1.807) is 12.0 Å². The Morgan fingerprint density at radius 3 is 2.64 bits per heavy atom. The van der Waals surface area contributed by atoms with Crippen LogP contribution in [0.2, 0.25) is 0 Å². The molecule has 1 aromatic heterocycles. The molecule has 1 aliphatic heterocycles. The van der Waals surface area contributed by atoms with E-state index in [-0.39, 0.29) is 18.4 Å². The van der Waals surface area contributed by atoms with Crippen molar-refractivity contribution >= 4 is 22.6 Å². The van der Waals surface area contributed by atoms with E-state index in [2.05, 4.69) is 6.07 Å². The molecule has 0 spiro atoms. The van der Waals surface area contributed by atoms with E-state index in [0.717, 1.165) is 33.9 Å². The first-order valence-electron chi connectivity index (χ1n) is 12.2. The highest BCUT2D eigenvalue weighted by molar-refractivity contribution is 5.97. The number of nitrogens with zero attached hydrogens (tertiary/aromatic N) is 3. The van der Waals surface area contributed by atoms with Gasteiger partial charge in [0, 0.05) is 18.9 Å². The van der Waals surface area contributed by atoms with Crippen molar-refractivity contribution in [2.24, 2.45) is 0 Å². The van der Waals surface area contributed by atoms with Crippen molar-refractivity contribution in [3.63, 3.8) is 0 Å². The number of hydrogen-bond donors (Lipinski definition) is 1. The molecule has 186 valence electrons. The predicted octanol–water partition coefficient (Wildman–Crippen LogP) is 4.62. The number of carbonyl (C=O) groups excluding carboxylic acids is 1. The number of carbonyl (C=O) groups is 1. The van der Waals surface area contributed by atoms with Gasteiger partial charge >= 0.3 is 0 Å². The van der Waals surface area contributed by atoms with Crippen molar-refractivity contribution in [3.05, 3.63) is 83.7 Å². The van der Waals surface area contributed by atoms with Gasteiger partial charge in [0.25, 0.3) is 0 Å². The molecule has 1 aliphatic rings. The fourth-order valence-corrected chi connectivity index (χ4v) is 4.97. The highest BCUT2D eigenvalue weighted by atomic mass is 16.5. The molecular weight excluding hydrogens is 454 g/mol. The zero-order valence-electron chi connectivity index (χ0n) is 20.8. The molecule has 1 saturated heterocycles. The lowest BCUT2D eigenvalue weighted by atomic mass is 10.1. The smallest absolute Gasteiger partial charge is 0.227 e. The van der Waals surface area contributed by atoms with Crippen molar-refractivity contribution in [3.8, 4) is 11.5 Å². The molecule has 1 amide bonds. The summed E-state index contributed by atoms with van der Waals surface area (Å²) in [5, 5.41) is 10.9. The minimum atomic E-state index is -0.746. The maximum atomic E-state index is 13.1. The summed E-state index contributed by atoms with van der Waals surface area (Å²) in [6.45, 7) is 5.02. The van der Waals surface area contributed by atoms with Gasteiger partial charge in [-0.15, -0.1) is 0 Å². The maximum Gasteiger partial charge on any atom is 0.227 e. The lowest BCUT2D eigenvalue weighted by Gasteiger charge is -2.20. The van der Waals surface area contributed by atoms with Crippen LogP contribution in [0, 0.1) is 13.8 Å². The number of methoxy groups -OCH3 is 1. The van der Waals surface area contributed by atoms with Crippen LogP contribution < -0.4 is 14.4 Å². The summed E-state index contributed by atoms with van der Waals surface area (Å²) in [6.07, 6.45) is -0.402. The molecule has 0 aliphatic carbocycles. The summed E-state index contributed by atoms with van der Waals surface area (Å²) >= 11 is 0. The quantitative estimate of drug-likeness (QED) is 0.394. The number of aryl methyl sites for hydroxylation is 2. The van der Waals surface area contributed by atoms with Crippen LogP contribution in [-0.2, 0) is 11.3 Å². The zero-order chi connectivity index (χ0) is 25.2. The van der Waals surface area contributed by atoms with Gasteiger partial charge in [-0.2, -0.15) is 0 Å². The first-order chi connectivity index (χ1) is 17.4. The molecule has 0 saturated carbocycles. The van der Waals surface area contributed by atoms with Gasteiger partial charge in [0.05, 0.1) is 30.4 Å². The van der Waals surface area contributed by atoms with Gasteiger partial charge in [0.1, 0.15) is 30.0 Å². The van der Waals surface area contributed by atoms with Crippen molar-refractivity contribution in [2.75, 3.05) is 25.2 Å². The number of benzene rings is 3. The molecule has 4 aromatic rings. The molecular formula is C29H31N3O4. The van der Waals surface area contributed by atoms with Gasteiger partial charge in [-0.05, 0) is 49.7 Å². The summed E-state index contributed by atoms with van der Waals surface area (Å²) in [5.41, 5.74) is 4.75. The summed E-state index contributed by atoms with van der Waals surface area (Å²) in [6, 6.07) is 21.4. The normalized spacial score (nSPS) is 16.5. The summed E-state index contributed by atoms with van der Waals surface area (Å²) in [5.74, 6) is 2.15. The van der Waals surface area contributed by atoms with Crippen molar-refractivity contribution in [2.45, 2.75) is 38.8 Å². The molecule has 1 N–H and O–H groups in total. The van der Waals surface area contributed by atoms with Crippen LogP contribution >= 0.6 is 0 Å². The van der Waals surface area contributed by atoms with Crippen LogP contribution in [0.3, 0.4) is 0 Å². The number of para-hydroxylation sites is 4. The molecule has 36 heavy (non-hydrogen) atoms. The highest BCUT2D eigenvalue weighted by Gasteiger charge is 2.36. The third-order valence-electron chi connectivity index (χ3n) is 6.71. The van der Waals surface area contributed by atoms with Crippen LogP contribution in [0.15, 0.2) is 66.7 Å². The maximum absolute atomic E-state index is 13.1. The molecule has 5 rings (SSSR count). The second-order valence-electron chi connectivity index (χ2n) is 9.38. The van der Waals surface area contributed by atoms with Gasteiger partial charge in [0.15, 0.2) is 0 Å². The van der Waals surface area contributed by atoms with Gasteiger partial charge in [-0.1, -0.05) is 42.0 Å². The van der Waals surface area contributed by atoms with E-state index in [0.29, 0.717) is 25.3 Å². The number of anilines is 1. The van der Waals surface area contributed by atoms with Gasteiger partial charge in [0.2, 0.25) is 5.91 Å². The van der Waals surface area contributed by atoms with Crippen LogP contribution in [0.5, 0.6) is 11.5 Å². The molecule has 2 heterocycles. The Balaban J connectivity index is 1.39. The summed E-state index contributed by atoms with van der Waals surface area (Å²) in [7, 11) is 1.61. The minimum absolute atomic E-state index is 0.0295.